The predicted molar refractivity (Wildman–Crippen MR) is 55.8 cm³/mol. The predicted octanol–water partition coefficient (Wildman–Crippen LogP) is 2.02. The number of aliphatic hydroxyl groups excluding tert-OH is 1. The molecule has 1 aliphatic rings. The van der Waals surface area contributed by atoms with Crippen molar-refractivity contribution in [1.82, 2.24) is 4.90 Å². The third-order valence-electron chi connectivity index (χ3n) is 2.95. The highest BCUT2D eigenvalue weighted by atomic mass is 16.3. The van der Waals surface area contributed by atoms with E-state index < -0.39 is 0 Å². The van der Waals surface area contributed by atoms with Crippen molar-refractivity contribution in [2.75, 3.05) is 13.2 Å². The Morgan fingerprint density at radius 2 is 1.92 bits per heavy atom. The second kappa shape index (κ2) is 4.43. The third kappa shape index (κ3) is 2.96. The summed E-state index contributed by atoms with van der Waals surface area (Å²) in [5.74, 6) is 0. The van der Waals surface area contributed by atoms with Gasteiger partial charge in [0.15, 0.2) is 0 Å². The average molecular weight is 185 g/mol. The monoisotopic (exact) mass is 185 g/mol. The Balaban J connectivity index is 2.65. The van der Waals surface area contributed by atoms with E-state index in [2.05, 4.69) is 25.7 Å². The van der Waals surface area contributed by atoms with Crippen molar-refractivity contribution in [2.24, 2.45) is 0 Å². The number of hydrogen-bond donors (Lipinski definition) is 1. The van der Waals surface area contributed by atoms with Crippen LogP contribution >= 0.6 is 0 Å². The van der Waals surface area contributed by atoms with E-state index in [1.807, 2.05) is 0 Å². The fourth-order valence-electron chi connectivity index (χ4n) is 2.25. The molecule has 0 saturated carbocycles. The minimum atomic E-state index is 0.206. The molecule has 0 aromatic heterocycles. The van der Waals surface area contributed by atoms with Gasteiger partial charge in [-0.15, -0.1) is 0 Å². The maximum Gasteiger partial charge on any atom is 0.0587 e. The minimum absolute atomic E-state index is 0.206. The van der Waals surface area contributed by atoms with Gasteiger partial charge in [0.1, 0.15) is 0 Å². The van der Waals surface area contributed by atoms with Gasteiger partial charge in [-0.05, 0) is 40.2 Å². The molecule has 13 heavy (non-hydrogen) atoms. The summed E-state index contributed by atoms with van der Waals surface area (Å²) in [7, 11) is 0. The van der Waals surface area contributed by atoms with Crippen LogP contribution in [-0.2, 0) is 0 Å². The van der Waals surface area contributed by atoms with E-state index >= 15 is 0 Å². The van der Waals surface area contributed by atoms with Gasteiger partial charge in [0.05, 0.1) is 6.61 Å². The Morgan fingerprint density at radius 3 is 2.46 bits per heavy atom. The average Bonchev–Trinajstić information content (AvgIpc) is 2.26. The molecule has 0 aromatic rings. The molecule has 1 saturated heterocycles. The van der Waals surface area contributed by atoms with Crippen LogP contribution in [0.25, 0.3) is 0 Å². The van der Waals surface area contributed by atoms with E-state index in [1.54, 1.807) is 0 Å². The fraction of sp³-hybridized carbons (Fsp3) is 1.00. The lowest BCUT2D eigenvalue weighted by Crippen LogP contribution is -2.49. The van der Waals surface area contributed by atoms with Crippen LogP contribution in [0.4, 0.5) is 0 Å². The smallest absolute Gasteiger partial charge is 0.0587 e. The van der Waals surface area contributed by atoms with Gasteiger partial charge in [0.25, 0.3) is 0 Å². The third-order valence-corrected chi connectivity index (χ3v) is 2.95. The summed E-state index contributed by atoms with van der Waals surface area (Å²) in [5.41, 5.74) is 0.206. The summed E-state index contributed by atoms with van der Waals surface area (Å²) < 4.78 is 0. The zero-order valence-corrected chi connectivity index (χ0v) is 9.21. The summed E-state index contributed by atoms with van der Waals surface area (Å²) in [5, 5.41) is 9.31. The maximum atomic E-state index is 9.31. The van der Waals surface area contributed by atoms with Crippen LogP contribution in [-0.4, -0.2) is 34.7 Å². The lowest BCUT2D eigenvalue weighted by molar-refractivity contribution is 0.0486. The first-order valence-corrected chi connectivity index (χ1v) is 5.43. The molecule has 0 bridgehead atoms. The minimum Gasteiger partial charge on any atom is -0.395 e. The Labute approximate surface area is 81.9 Å². The molecule has 2 heteroatoms. The summed E-state index contributed by atoms with van der Waals surface area (Å²) in [6.07, 6.45) is 5.04. The van der Waals surface area contributed by atoms with Gasteiger partial charge in [-0.2, -0.15) is 0 Å². The quantitative estimate of drug-likeness (QED) is 0.675. The van der Waals surface area contributed by atoms with E-state index in [1.165, 1.54) is 19.3 Å². The van der Waals surface area contributed by atoms with Gasteiger partial charge in [-0.3, -0.25) is 4.90 Å². The van der Waals surface area contributed by atoms with Crippen molar-refractivity contribution in [3.8, 4) is 0 Å². The molecule has 0 amide bonds. The fourth-order valence-corrected chi connectivity index (χ4v) is 2.25. The standard InChI is InChI=1S/C11H23NO/c1-11(2,3)12-8-6-4-5-7-10(12)9-13/h10,13H,4-9H2,1-3H3. The zero-order valence-electron chi connectivity index (χ0n) is 9.21. The van der Waals surface area contributed by atoms with Crippen molar-refractivity contribution in [3.05, 3.63) is 0 Å². The SMILES string of the molecule is CC(C)(C)N1CCCCCC1CO. The van der Waals surface area contributed by atoms with Crippen LogP contribution in [0.15, 0.2) is 0 Å². The highest BCUT2D eigenvalue weighted by Gasteiger charge is 2.29. The molecule has 1 rings (SSSR count). The number of nitrogens with zero attached hydrogens (tertiary/aromatic N) is 1. The van der Waals surface area contributed by atoms with E-state index in [4.69, 9.17) is 0 Å². The van der Waals surface area contributed by atoms with Crippen molar-refractivity contribution in [1.29, 1.82) is 0 Å². The molecule has 0 radical (unpaired) electrons. The molecule has 1 atom stereocenters. The number of hydrogen-bond acceptors (Lipinski definition) is 2. The molecule has 0 aliphatic carbocycles. The van der Waals surface area contributed by atoms with Crippen molar-refractivity contribution in [2.45, 2.75) is 58.0 Å². The normalized spacial score (nSPS) is 27.2. The highest BCUT2D eigenvalue weighted by Crippen LogP contribution is 2.24. The van der Waals surface area contributed by atoms with Gasteiger partial charge >= 0.3 is 0 Å². The molecule has 0 spiro atoms. The summed E-state index contributed by atoms with van der Waals surface area (Å²) in [6, 6.07) is 0.391. The largest absolute Gasteiger partial charge is 0.395 e. The zero-order chi connectivity index (χ0) is 9.90. The van der Waals surface area contributed by atoms with E-state index in [0.717, 1.165) is 13.0 Å². The van der Waals surface area contributed by atoms with Crippen molar-refractivity contribution < 1.29 is 5.11 Å². The van der Waals surface area contributed by atoms with Gasteiger partial charge in [0, 0.05) is 11.6 Å². The van der Waals surface area contributed by atoms with E-state index in [0.29, 0.717) is 12.6 Å². The van der Waals surface area contributed by atoms with Crippen molar-refractivity contribution >= 4 is 0 Å². The lowest BCUT2D eigenvalue weighted by Gasteiger charge is -2.40. The molecule has 1 aliphatic heterocycles. The molecule has 0 aromatic carbocycles. The first kappa shape index (κ1) is 11.0. The van der Waals surface area contributed by atoms with Gasteiger partial charge in [0.2, 0.25) is 0 Å². The van der Waals surface area contributed by atoms with Crippen LogP contribution in [0.3, 0.4) is 0 Å². The Kier molecular flexibility index (Phi) is 3.74. The van der Waals surface area contributed by atoms with E-state index in [-0.39, 0.29) is 5.54 Å². The first-order chi connectivity index (χ1) is 6.05. The van der Waals surface area contributed by atoms with Crippen LogP contribution in [0, 0.1) is 0 Å². The molecule has 1 unspecified atom stereocenters. The van der Waals surface area contributed by atoms with Crippen LogP contribution in [0.1, 0.15) is 46.5 Å². The van der Waals surface area contributed by atoms with Crippen LogP contribution in [0.5, 0.6) is 0 Å². The molecular formula is C11H23NO. The van der Waals surface area contributed by atoms with E-state index in [9.17, 15) is 5.11 Å². The van der Waals surface area contributed by atoms with Gasteiger partial charge in [-0.1, -0.05) is 12.8 Å². The van der Waals surface area contributed by atoms with Gasteiger partial charge in [-0.25, -0.2) is 0 Å². The summed E-state index contributed by atoms with van der Waals surface area (Å²) in [6.45, 7) is 8.18. The second-order valence-corrected chi connectivity index (χ2v) is 5.05. The summed E-state index contributed by atoms with van der Waals surface area (Å²) in [4.78, 5) is 2.46. The molecule has 78 valence electrons. The Morgan fingerprint density at radius 1 is 1.23 bits per heavy atom. The molecular weight excluding hydrogens is 162 g/mol. The van der Waals surface area contributed by atoms with Crippen molar-refractivity contribution in [3.63, 3.8) is 0 Å². The first-order valence-electron chi connectivity index (χ1n) is 5.43. The lowest BCUT2D eigenvalue weighted by atomic mass is 10.0. The van der Waals surface area contributed by atoms with Gasteiger partial charge < -0.3 is 5.11 Å². The van der Waals surface area contributed by atoms with Crippen LogP contribution in [0.2, 0.25) is 0 Å². The Bertz CT molecular complexity index is 151. The molecule has 1 heterocycles. The number of aliphatic hydroxyl groups is 1. The molecule has 2 nitrogen and oxygen atoms in total. The second-order valence-electron chi connectivity index (χ2n) is 5.05. The number of likely N-dealkylation sites (tertiary alicyclic amines) is 1. The maximum absolute atomic E-state index is 9.31. The summed E-state index contributed by atoms with van der Waals surface area (Å²) >= 11 is 0. The highest BCUT2D eigenvalue weighted by molar-refractivity contribution is 4.84. The molecule has 1 N–H and O–H groups in total. The number of rotatable bonds is 1. The van der Waals surface area contributed by atoms with Crippen LogP contribution < -0.4 is 0 Å². The topological polar surface area (TPSA) is 23.5 Å². The molecule has 1 fully saturated rings. The Hall–Kier alpha value is -0.0800.